The molecule has 0 radical (unpaired) electrons. The van der Waals surface area contributed by atoms with E-state index < -0.39 is 0 Å². The van der Waals surface area contributed by atoms with Gasteiger partial charge in [-0.2, -0.15) is 0 Å². The summed E-state index contributed by atoms with van der Waals surface area (Å²) in [5.74, 6) is 2.01. The highest BCUT2D eigenvalue weighted by Gasteiger charge is 2.41. The summed E-state index contributed by atoms with van der Waals surface area (Å²) in [6.45, 7) is 8.02. The van der Waals surface area contributed by atoms with Crippen molar-refractivity contribution >= 4 is 6.09 Å². The Balaban J connectivity index is 1.33. The van der Waals surface area contributed by atoms with Gasteiger partial charge in [0.2, 0.25) is 0 Å². The second-order valence-electron chi connectivity index (χ2n) is 10.3. The maximum Gasteiger partial charge on any atom is 0.407 e. The molecule has 0 spiro atoms. The molecular weight excluding hydrogens is 432 g/mol. The number of alkyl carbamates (subject to hydrolysis) is 1. The molecule has 2 aromatic carbocycles. The summed E-state index contributed by atoms with van der Waals surface area (Å²) in [5.41, 5.74) is 2.75. The van der Waals surface area contributed by atoms with Gasteiger partial charge in [0.15, 0.2) is 6.79 Å². The predicted octanol–water partition coefficient (Wildman–Crippen LogP) is 4.62. The third-order valence-corrected chi connectivity index (χ3v) is 7.33. The molecule has 34 heavy (non-hydrogen) atoms. The van der Waals surface area contributed by atoms with Gasteiger partial charge in [0, 0.05) is 24.6 Å². The number of carbonyl (C=O) groups excluding carboxylic acids is 1. The first-order valence-corrected chi connectivity index (χ1v) is 12.1. The molecule has 4 aliphatic rings. The van der Waals surface area contributed by atoms with E-state index in [1.165, 1.54) is 0 Å². The van der Waals surface area contributed by atoms with Crippen molar-refractivity contribution in [1.82, 2.24) is 10.2 Å². The minimum Gasteiger partial charge on any atom is -0.493 e. The lowest BCUT2D eigenvalue weighted by atomic mass is 9.78. The van der Waals surface area contributed by atoms with Gasteiger partial charge in [-0.15, -0.1) is 0 Å². The summed E-state index contributed by atoms with van der Waals surface area (Å²) < 4.78 is 22.6. The largest absolute Gasteiger partial charge is 0.493 e. The van der Waals surface area contributed by atoms with Gasteiger partial charge in [0.05, 0.1) is 12.6 Å². The van der Waals surface area contributed by atoms with E-state index in [4.69, 9.17) is 18.9 Å². The summed E-state index contributed by atoms with van der Waals surface area (Å²) in [4.78, 5) is 15.3. The molecule has 3 fully saturated rings. The molecule has 1 unspecified atom stereocenters. The van der Waals surface area contributed by atoms with Gasteiger partial charge in [-0.25, -0.2) is 4.79 Å². The van der Waals surface area contributed by atoms with Crippen LogP contribution in [0.25, 0.3) is 11.1 Å². The maximum atomic E-state index is 12.9. The molecule has 6 rings (SSSR count). The van der Waals surface area contributed by atoms with Gasteiger partial charge in [0.25, 0.3) is 0 Å². The van der Waals surface area contributed by atoms with Crippen molar-refractivity contribution < 1.29 is 23.7 Å². The lowest BCUT2D eigenvalue weighted by molar-refractivity contribution is -0.0361. The summed E-state index contributed by atoms with van der Waals surface area (Å²) in [6, 6.07) is 13.8. The van der Waals surface area contributed by atoms with Gasteiger partial charge >= 0.3 is 6.09 Å². The summed E-state index contributed by atoms with van der Waals surface area (Å²) in [6.07, 6.45) is 1.88. The second kappa shape index (κ2) is 9.47. The minimum atomic E-state index is -0.336. The first-order chi connectivity index (χ1) is 16.4. The molecule has 7 nitrogen and oxygen atoms in total. The Hall–Kier alpha value is -2.77. The summed E-state index contributed by atoms with van der Waals surface area (Å²) in [7, 11) is 1.60. The van der Waals surface area contributed by atoms with Crippen LogP contribution in [0.3, 0.4) is 0 Å². The number of hydrogen-bond donors (Lipinski definition) is 1. The molecule has 0 saturated carbocycles. The van der Waals surface area contributed by atoms with E-state index in [0.29, 0.717) is 12.5 Å². The van der Waals surface area contributed by atoms with E-state index in [1.54, 1.807) is 7.11 Å². The Morgan fingerprint density at radius 2 is 1.94 bits per heavy atom. The lowest BCUT2D eigenvalue weighted by Crippen LogP contribution is -2.53. The molecule has 0 aromatic heterocycles. The zero-order valence-corrected chi connectivity index (χ0v) is 20.2. The third-order valence-electron chi connectivity index (χ3n) is 7.33. The van der Waals surface area contributed by atoms with Crippen LogP contribution in [0.1, 0.15) is 38.3 Å². The van der Waals surface area contributed by atoms with Crippen molar-refractivity contribution in [2.24, 2.45) is 11.3 Å². The Kier molecular flexibility index (Phi) is 6.40. The van der Waals surface area contributed by atoms with Crippen molar-refractivity contribution in [2.75, 3.05) is 40.1 Å². The minimum absolute atomic E-state index is 0.0140. The fourth-order valence-electron chi connectivity index (χ4n) is 5.34. The van der Waals surface area contributed by atoms with Gasteiger partial charge in [-0.1, -0.05) is 38.1 Å². The molecular formula is C27H34N2O5. The van der Waals surface area contributed by atoms with Crippen molar-refractivity contribution in [3.05, 3.63) is 48.0 Å². The monoisotopic (exact) mass is 466 g/mol. The molecule has 4 heterocycles. The van der Waals surface area contributed by atoms with Crippen molar-refractivity contribution in [2.45, 2.75) is 38.8 Å². The predicted molar refractivity (Wildman–Crippen MR) is 129 cm³/mol. The number of rotatable bonds is 6. The zero-order valence-electron chi connectivity index (χ0n) is 20.2. The number of ether oxygens (including phenoxy) is 4. The number of hydrogen-bond acceptors (Lipinski definition) is 6. The topological polar surface area (TPSA) is 69.3 Å². The molecule has 0 aliphatic carbocycles. The zero-order chi connectivity index (χ0) is 23.7. The molecule has 4 aliphatic heterocycles. The van der Waals surface area contributed by atoms with Gasteiger partial charge in [-0.05, 0) is 61.2 Å². The first kappa shape index (κ1) is 23.0. The second-order valence-corrected chi connectivity index (χ2v) is 10.3. The van der Waals surface area contributed by atoms with E-state index >= 15 is 0 Å². The van der Waals surface area contributed by atoms with E-state index in [-0.39, 0.29) is 30.4 Å². The number of fused-ring (bicyclic) bond motifs is 4. The van der Waals surface area contributed by atoms with Crippen LogP contribution in [-0.2, 0) is 9.47 Å². The Morgan fingerprint density at radius 1 is 1.15 bits per heavy atom. The van der Waals surface area contributed by atoms with Crippen LogP contribution in [-0.4, -0.2) is 57.2 Å². The smallest absolute Gasteiger partial charge is 0.407 e. The van der Waals surface area contributed by atoms with E-state index in [0.717, 1.165) is 60.7 Å². The van der Waals surface area contributed by atoms with Crippen LogP contribution in [0.4, 0.5) is 4.79 Å². The van der Waals surface area contributed by atoms with Crippen LogP contribution in [0.5, 0.6) is 11.5 Å². The Labute approximate surface area is 201 Å². The van der Waals surface area contributed by atoms with Crippen LogP contribution < -0.4 is 14.8 Å². The standard InChI is InChI=1S/C27H34N2O5/c1-27(2)16-32-23-14-20(19-5-4-6-21(13-19)33-17-31-3)7-8-22(23)25(27)28-26(30)34-24-15-29-11-9-18(24)10-12-29/h4-8,13-14,18,24-25H,9-12,15-17H2,1-3H3,(H,28,30)/t24-,25?/m0/s1. The van der Waals surface area contributed by atoms with Crippen molar-refractivity contribution in [1.29, 1.82) is 0 Å². The van der Waals surface area contributed by atoms with E-state index in [1.807, 2.05) is 36.4 Å². The van der Waals surface area contributed by atoms with Gasteiger partial charge in [0.1, 0.15) is 17.6 Å². The van der Waals surface area contributed by atoms with Crippen molar-refractivity contribution in [3.8, 4) is 22.6 Å². The molecule has 2 aromatic rings. The maximum absolute atomic E-state index is 12.9. The number of benzene rings is 2. The number of carbonyl (C=O) groups is 1. The normalized spacial score (nSPS) is 26.8. The SMILES string of the molecule is COCOc1cccc(-c2ccc3c(c2)OCC(C)(C)C3NC(=O)O[C@H]2CN3CCC2CC3)c1. The van der Waals surface area contributed by atoms with Crippen LogP contribution in [0, 0.1) is 11.3 Å². The molecule has 1 amide bonds. The number of nitrogens with zero attached hydrogens (tertiary/aromatic N) is 1. The molecule has 1 N–H and O–H groups in total. The fraction of sp³-hybridized carbons (Fsp3) is 0.519. The fourth-order valence-corrected chi connectivity index (χ4v) is 5.34. The van der Waals surface area contributed by atoms with Crippen molar-refractivity contribution in [3.63, 3.8) is 0 Å². The Morgan fingerprint density at radius 3 is 2.68 bits per heavy atom. The first-order valence-electron chi connectivity index (χ1n) is 12.1. The quantitative estimate of drug-likeness (QED) is 0.627. The molecule has 3 saturated heterocycles. The number of amides is 1. The van der Waals surface area contributed by atoms with Crippen LogP contribution in [0.2, 0.25) is 0 Å². The summed E-state index contributed by atoms with van der Waals surface area (Å²) in [5, 5.41) is 3.17. The van der Waals surface area contributed by atoms with Crippen LogP contribution in [0.15, 0.2) is 42.5 Å². The highest BCUT2D eigenvalue weighted by Crippen LogP contribution is 2.44. The number of piperidine rings is 3. The Bertz CT molecular complexity index is 1030. The third kappa shape index (κ3) is 4.72. The van der Waals surface area contributed by atoms with E-state index in [2.05, 4.69) is 30.1 Å². The number of nitrogens with one attached hydrogen (secondary N) is 1. The van der Waals surface area contributed by atoms with Gasteiger partial charge in [-0.3, -0.25) is 4.90 Å². The average Bonchev–Trinajstić information content (AvgIpc) is 2.85. The highest BCUT2D eigenvalue weighted by atomic mass is 16.7. The molecule has 2 atom stereocenters. The summed E-state index contributed by atoms with van der Waals surface area (Å²) >= 11 is 0. The van der Waals surface area contributed by atoms with Crippen LogP contribution >= 0.6 is 0 Å². The molecule has 7 heteroatoms. The molecule has 2 bridgehead atoms. The average molecular weight is 467 g/mol. The van der Waals surface area contributed by atoms with E-state index in [9.17, 15) is 4.79 Å². The number of methoxy groups -OCH3 is 1. The highest BCUT2D eigenvalue weighted by molar-refractivity contribution is 5.71. The molecule has 182 valence electrons. The lowest BCUT2D eigenvalue weighted by Gasteiger charge is -2.44. The van der Waals surface area contributed by atoms with Gasteiger partial charge < -0.3 is 24.3 Å².